The van der Waals surface area contributed by atoms with Crippen LogP contribution in [-0.2, 0) is 15.6 Å². The number of nitrogens with zero attached hydrogens (tertiary/aromatic N) is 4. The van der Waals surface area contributed by atoms with Crippen LogP contribution in [0.3, 0.4) is 0 Å². The van der Waals surface area contributed by atoms with E-state index in [4.69, 9.17) is 5.73 Å². The van der Waals surface area contributed by atoms with Crippen LogP contribution in [0.25, 0.3) is 16.8 Å². The molecule has 3 N–H and O–H groups in total. The van der Waals surface area contributed by atoms with Crippen molar-refractivity contribution >= 4 is 21.6 Å². The monoisotopic (exact) mass is 426 g/mol. The summed E-state index contributed by atoms with van der Waals surface area (Å²) < 4.78 is 43.4. The molecule has 8 nitrogen and oxygen atoms in total. The number of rotatable bonds is 5. The molecular weight excluding hydrogens is 407 g/mol. The molecule has 0 bridgehead atoms. The highest BCUT2D eigenvalue weighted by atomic mass is 32.2. The molecular formula is C20H19FN6O2S. The third kappa shape index (κ3) is 3.87. The first-order valence-corrected chi connectivity index (χ1v) is 10.5. The van der Waals surface area contributed by atoms with Crippen molar-refractivity contribution < 1.29 is 12.8 Å². The fourth-order valence-electron chi connectivity index (χ4n) is 3.12. The normalized spacial score (nSPS) is 12.4. The minimum absolute atomic E-state index is 0.00777. The van der Waals surface area contributed by atoms with Gasteiger partial charge in [0.1, 0.15) is 10.7 Å². The maximum absolute atomic E-state index is 13.2. The summed E-state index contributed by atoms with van der Waals surface area (Å²) in [4.78, 5) is 8.16. The average molecular weight is 426 g/mol. The topological polar surface area (TPSA) is 115 Å². The molecule has 0 radical (unpaired) electrons. The van der Waals surface area contributed by atoms with Gasteiger partial charge in [-0.2, -0.15) is 4.98 Å². The molecule has 0 unspecified atom stereocenters. The number of benzene rings is 1. The van der Waals surface area contributed by atoms with Gasteiger partial charge < -0.3 is 5.73 Å². The maximum atomic E-state index is 13.2. The summed E-state index contributed by atoms with van der Waals surface area (Å²) in [6.07, 6.45) is 4.53. The number of aromatic nitrogens is 4. The summed E-state index contributed by atoms with van der Waals surface area (Å²) in [6.45, 7) is 3.41. The van der Waals surface area contributed by atoms with Crippen molar-refractivity contribution in [2.45, 2.75) is 24.3 Å². The Morgan fingerprint density at radius 2 is 1.80 bits per heavy atom. The highest BCUT2D eigenvalue weighted by Crippen LogP contribution is 2.26. The Labute approximate surface area is 172 Å². The zero-order valence-electron chi connectivity index (χ0n) is 16.2. The molecule has 154 valence electrons. The van der Waals surface area contributed by atoms with E-state index in [0.29, 0.717) is 22.3 Å². The first-order valence-electron chi connectivity index (χ1n) is 9.01. The van der Waals surface area contributed by atoms with Gasteiger partial charge >= 0.3 is 0 Å². The van der Waals surface area contributed by atoms with Crippen molar-refractivity contribution in [1.82, 2.24) is 24.3 Å². The van der Waals surface area contributed by atoms with Gasteiger partial charge in [0, 0.05) is 29.7 Å². The van der Waals surface area contributed by atoms with Gasteiger partial charge in [0.05, 0.1) is 5.54 Å². The molecule has 0 saturated carbocycles. The van der Waals surface area contributed by atoms with Crippen LogP contribution >= 0.6 is 0 Å². The van der Waals surface area contributed by atoms with E-state index >= 15 is 0 Å². The Balaban J connectivity index is 1.66. The highest BCUT2D eigenvalue weighted by molar-refractivity contribution is 7.89. The molecule has 4 rings (SSSR count). The van der Waals surface area contributed by atoms with Crippen LogP contribution in [0.5, 0.6) is 0 Å². The predicted octanol–water partition coefficient (Wildman–Crippen LogP) is 2.73. The molecule has 10 heteroatoms. The van der Waals surface area contributed by atoms with E-state index in [2.05, 4.69) is 19.8 Å². The number of fused-ring (bicyclic) bond motifs is 1. The molecule has 30 heavy (non-hydrogen) atoms. The molecule has 0 saturated heterocycles. The second-order valence-corrected chi connectivity index (χ2v) is 9.02. The van der Waals surface area contributed by atoms with Crippen LogP contribution in [0.4, 0.5) is 10.3 Å². The Bertz CT molecular complexity index is 1330. The van der Waals surface area contributed by atoms with E-state index in [1.54, 1.807) is 50.5 Å². The summed E-state index contributed by atoms with van der Waals surface area (Å²) in [5.74, 6) is -0.241. The fourth-order valence-corrected chi connectivity index (χ4v) is 4.50. The van der Waals surface area contributed by atoms with Gasteiger partial charge in [-0.1, -0.05) is 12.1 Å². The Morgan fingerprint density at radius 1 is 1.07 bits per heavy atom. The van der Waals surface area contributed by atoms with E-state index in [1.807, 2.05) is 0 Å². The van der Waals surface area contributed by atoms with Crippen molar-refractivity contribution in [3.63, 3.8) is 0 Å². The van der Waals surface area contributed by atoms with Crippen LogP contribution in [-0.4, -0.2) is 28.0 Å². The molecule has 0 amide bonds. The number of anilines is 1. The molecule has 1 aromatic carbocycles. The van der Waals surface area contributed by atoms with Gasteiger partial charge in [0.15, 0.2) is 5.65 Å². The lowest BCUT2D eigenvalue weighted by molar-refractivity contribution is 0.471. The molecule has 0 spiro atoms. The molecule has 3 heterocycles. The molecule has 0 aliphatic carbocycles. The number of pyridine rings is 2. The number of nitrogens with one attached hydrogen (secondary N) is 1. The SMILES string of the molecule is CC(C)(NS(=O)(=O)c1cncc(-c2ccc3nc(N)nn3c2)c1)c1ccc(F)cc1. The summed E-state index contributed by atoms with van der Waals surface area (Å²) in [7, 11) is -3.91. The van der Waals surface area contributed by atoms with E-state index in [9.17, 15) is 12.8 Å². The second kappa shape index (κ2) is 7.15. The smallest absolute Gasteiger partial charge is 0.242 e. The van der Waals surface area contributed by atoms with Gasteiger partial charge in [-0.3, -0.25) is 4.98 Å². The van der Waals surface area contributed by atoms with Crippen molar-refractivity contribution in [2.75, 3.05) is 5.73 Å². The first kappa shape index (κ1) is 19.9. The predicted molar refractivity (Wildman–Crippen MR) is 110 cm³/mol. The molecule has 4 aromatic rings. The minimum atomic E-state index is -3.91. The fraction of sp³-hybridized carbons (Fsp3) is 0.150. The van der Waals surface area contributed by atoms with Crippen LogP contribution in [0.2, 0.25) is 0 Å². The molecule has 3 aromatic heterocycles. The molecule has 0 aliphatic heterocycles. The number of sulfonamides is 1. The zero-order valence-corrected chi connectivity index (χ0v) is 17.1. The lowest BCUT2D eigenvalue weighted by Crippen LogP contribution is -2.40. The van der Waals surface area contributed by atoms with Gasteiger partial charge in [0.25, 0.3) is 0 Å². The van der Waals surface area contributed by atoms with Crippen molar-refractivity contribution in [3.8, 4) is 11.1 Å². The second-order valence-electron chi connectivity index (χ2n) is 7.34. The van der Waals surface area contributed by atoms with Crippen LogP contribution in [0, 0.1) is 5.82 Å². The quantitative estimate of drug-likeness (QED) is 0.507. The Morgan fingerprint density at radius 3 is 2.53 bits per heavy atom. The summed E-state index contributed by atoms with van der Waals surface area (Å²) >= 11 is 0. The third-order valence-corrected chi connectivity index (χ3v) is 6.28. The standard InChI is InChI=1S/C20H19FN6O2S/c1-20(2,15-4-6-16(21)7-5-15)26-30(28,29)17-9-14(10-23-11-17)13-3-8-18-24-19(22)25-27(18)12-13/h3-12,26H,1-2H3,(H2,22,25). The third-order valence-electron chi connectivity index (χ3n) is 4.66. The number of nitrogen functional groups attached to an aromatic ring is 1. The number of halogens is 1. The number of hydrogen-bond acceptors (Lipinski definition) is 6. The Kier molecular flexibility index (Phi) is 4.75. The van der Waals surface area contributed by atoms with E-state index in [1.165, 1.54) is 28.9 Å². The van der Waals surface area contributed by atoms with Gasteiger partial charge in [0.2, 0.25) is 16.0 Å². The van der Waals surface area contributed by atoms with E-state index in [0.717, 1.165) is 0 Å². The Hall–Kier alpha value is -3.37. The largest absolute Gasteiger partial charge is 0.366 e. The summed E-state index contributed by atoms with van der Waals surface area (Å²) in [6, 6.07) is 10.7. The van der Waals surface area contributed by atoms with Crippen molar-refractivity contribution in [3.05, 3.63) is 72.4 Å². The molecule has 0 atom stereocenters. The van der Waals surface area contributed by atoms with E-state index < -0.39 is 15.6 Å². The van der Waals surface area contributed by atoms with Gasteiger partial charge in [-0.25, -0.2) is 22.0 Å². The minimum Gasteiger partial charge on any atom is -0.366 e. The number of nitrogens with two attached hydrogens (primary N) is 1. The highest BCUT2D eigenvalue weighted by Gasteiger charge is 2.28. The van der Waals surface area contributed by atoms with Crippen LogP contribution < -0.4 is 10.5 Å². The lowest BCUT2D eigenvalue weighted by Gasteiger charge is -2.26. The summed E-state index contributed by atoms with van der Waals surface area (Å²) in [5, 5.41) is 4.06. The number of hydrogen-bond donors (Lipinski definition) is 2. The molecule has 0 aliphatic rings. The van der Waals surface area contributed by atoms with E-state index in [-0.39, 0.29) is 16.7 Å². The maximum Gasteiger partial charge on any atom is 0.242 e. The van der Waals surface area contributed by atoms with Crippen LogP contribution in [0.1, 0.15) is 19.4 Å². The van der Waals surface area contributed by atoms with Gasteiger partial charge in [-0.15, -0.1) is 5.10 Å². The van der Waals surface area contributed by atoms with Crippen molar-refractivity contribution in [2.24, 2.45) is 0 Å². The lowest BCUT2D eigenvalue weighted by atomic mass is 9.96. The molecule has 0 fully saturated rings. The van der Waals surface area contributed by atoms with Gasteiger partial charge in [-0.05, 0) is 49.7 Å². The van der Waals surface area contributed by atoms with Crippen molar-refractivity contribution in [1.29, 1.82) is 0 Å². The van der Waals surface area contributed by atoms with Crippen LogP contribution in [0.15, 0.2) is 66.0 Å². The first-order chi connectivity index (χ1) is 14.1. The average Bonchev–Trinajstić information content (AvgIpc) is 3.07. The zero-order chi connectivity index (χ0) is 21.5. The summed E-state index contributed by atoms with van der Waals surface area (Å²) in [5.41, 5.74) is 7.16.